The summed E-state index contributed by atoms with van der Waals surface area (Å²) in [7, 11) is 0. The summed E-state index contributed by atoms with van der Waals surface area (Å²) in [6.45, 7) is 10.9. The fraction of sp³-hybridized carbons (Fsp3) is 0.472. The van der Waals surface area contributed by atoms with Gasteiger partial charge in [0.05, 0.1) is 18.2 Å². The number of rotatable bonds is 18. The minimum atomic E-state index is -1.37. The monoisotopic (exact) mass is 870 g/mol. The molecule has 6 atom stereocenters. The van der Waals surface area contributed by atoms with Crippen LogP contribution < -0.4 is 18.9 Å². The third-order valence-electron chi connectivity index (χ3n) is 13.4. The van der Waals surface area contributed by atoms with Crippen molar-refractivity contribution in [3.63, 3.8) is 0 Å². The van der Waals surface area contributed by atoms with E-state index in [1.54, 1.807) is 6.08 Å². The zero-order chi connectivity index (χ0) is 44.4. The van der Waals surface area contributed by atoms with E-state index in [0.29, 0.717) is 42.3 Å². The molecule has 0 bridgehead atoms. The molecule has 0 saturated heterocycles. The van der Waals surface area contributed by atoms with Crippen LogP contribution in [0, 0.1) is 23.7 Å². The highest BCUT2D eigenvalue weighted by molar-refractivity contribution is 6.03. The second kappa shape index (κ2) is 18.6. The lowest BCUT2D eigenvalue weighted by Gasteiger charge is -2.60. The molecule has 2 fully saturated rings. The molecular weight excluding hydrogens is 809 g/mol. The molecule has 5 aliphatic rings. The molecule has 0 spiro atoms. The van der Waals surface area contributed by atoms with Gasteiger partial charge in [-0.2, -0.15) is 0 Å². The number of aliphatic hydroxyl groups is 2. The van der Waals surface area contributed by atoms with Crippen molar-refractivity contribution in [3.05, 3.63) is 114 Å². The van der Waals surface area contributed by atoms with E-state index in [-0.39, 0.29) is 62.7 Å². The predicted molar refractivity (Wildman–Crippen MR) is 246 cm³/mol. The molecule has 64 heavy (non-hydrogen) atoms. The van der Waals surface area contributed by atoms with E-state index in [9.17, 15) is 15.0 Å². The first-order chi connectivity index (χ1) is 31.1. The number of nitrogens with zero attached hydrogens (tertiary/aromatic N) is 2. The molecule has 11 nitrogen and oxygen atoms in total. The van der Waals surface area contributed by atoms with Crippen molar-refractivity contribution in [1.82, 2.24) is 4.90 Å². The molecule has 2 N–H and O–H groups in total. The number of hydrogen-bond acceptors (Lipinski definition) is 10. The van der Waals surface area contributed by atoms with Crippen LogP contribution in [0.5, 0.6) is 28.7 Å². The number of fused-ring (bicyclic) bond motifs is 4. The Labute approximate surface area is 376 Å². The van der Waals surface area contributed by atoms with Crippen molar-refractivity contribution in [1.29, 1.82) is 0 Å². The Hall–Kier alpha value is -5.36. The topological polar surface area (TPSA) is 129 Å². The van der Waals surface area contributed by atoms with Gasteiger partial charge in [0.25, 0.3) is 0 Å². The number of ether oxygens (including phenoxy) is 5. The van der Waals surface area contributed by atoms with E-state index >= 15 is 0 Å². The van der Waals surface area contributed by atoms with E-state index in [0.717, 1.165) is 77.5 Å². The quantitative estimate of drug-likeness (QED) is 0.0571. The van der Waals surface area contributed by atoms with Crippen LogP contribution in [0.4, 0.5) is 0 Å². The number of benzene rings is 4. The highest BCUT2D eigenvalue weighted by Crippen LogP contribution is 2.62. The highest BCUT2D eigenvalue weighted by Gasteiger charge is 2.66. The van der Waals surface area contributed by atoms with Gasteiger partial charge in [0.1, 0.15) is 28.9 Å². The second-order valence-electron chi connectivity index (χ2n) is 19.0. The minimum Gasteiger partial charge on any atom is -0.459 e. The summed E-state index contributed by atoms with van der Waals surface area (Å²) in [5.74, 6) is 1.56. The first-order valence-corrected chi connectivity index (χ1v) is 23.2. The zero-order valence-corrected chi connectivity index (χ0v) is 37.4. The Morgan fingerprint density at radius 1 is 0.891 bits per heavy atom. The average molecular weight is 871 g/mol. The van der Waals surface area contributed by atoms with Gasteiger partial charge >= 0.3 is 0 Å². The van der Waals surface area contributed by atoms with Crippen LogP contribution in [0.1, 0.15) is 95.6 Å². The lowest BCUT2D eigenvalue weighted by Crippen LogP contribution is -2.70. The Kier molecular flexibility index (Phi) is 12.8. The van der Waals surface area contributed by atoms with Crippen molar-refractivity contribution < 1.29 is 43.5 Å². The van der Waals surface area contributed by atoms with Gasteiger partial charge in [-0.1, -0.05) is 66.5 Å². The standard InChI is InChI=1S/C53H62N2O9/c1-5-26-61-53-48(55(51(58)36-17-18-36)32-34-16-22-46-47(27-34)60-33-59-46)31-44(54-64-52(2,3)4)42-29-38(14-8-10-24-56)41(15-9-11-25-57)49(50(42)53)43-30-40(21-23-45(43)63-53)62-39-20-19-35-12-6-7-13-37(35)28-39/h5-7,12-13,16,19-23,27-30,36,38,41,48-50,56-57H,1,8-11,14-15,17-18,24-26,31-33H2,2-4H3/t38-,41+,48-,49+,50+,53+/m0/s1. The largest absolute Gasteiger partial charge is 0.459 e. The van der Waals surface area contributed by atoms with E-state index in [2.05, 4.69) is 43.0 Å². The Morgan fingerprint density at radius 3 is 2.39 bits per heavy atom. The van der Waals surface area contributed by atoms with Crippen LogP contribution in [0.25, 0.3) is 10.8 Å². The third-order valence-corrected chi connectivity index (χ3v) is 13.4. The maximum absolute atomic E-state index is 15.0. The lowest BCUT2D eigenvalue weighted by atomic mass is 9.55. The van der Waals surface area contributed by atoms with Gasteiger partial charge in [-0.25, -0.2) is 0 Å². The number of hydrogen-bond donors (Lipinski definition) is 2. The SMILES string of the molecule is C=CCO[C@@]12Oc3ccc(Oc4ccc5ccccc5c4)cc3[C@H]3[C@H](CCCCO)[C@@H](CCCCO)C=C(C(=NOC(C)(C)C)C[C@@H]1N(Cc1ccc4c(c1)OCO4)C(=O)C1CC1)[C@H]32. The molecule has 0 unspecified atom stereocenters. The number of aliphatic hydroxyl groups excluding tert-OH is 2. The first kappa shape index (κ1) is 43.9. The van der Waals surface area contributed by atoms with Gasteiger partial charge < -0.3 is 43.6 Å². The maximum atomic E-state index is 15.0. The minimum absolute atomic E-state index is 0.0510. The molecule has 2 saturated carbocycles. The Bertz CT molecular complexity index is 2400. The molecule has 4 aromatic carbocycles. The highest BCUT2D eigenvalue weighted by atomic mass is 16.7. The number of unbranched alkanes of at least 4 members (excludes halogenated alkanes) is 2. The maximum Gasteiger partial charge on any atom is 0.239 e. The summed E-state index contributed by atoms with van der Waals surface area (Å²) in [5, 5.41) is 27.3. The van der Waals surface area contributed by atoms with Crippen LogP contribution in [-0.4, -0.2) is 70.8 Å². The van der Waals surface area contributed by atoms with Crippen LogP contribution in [0.15, 0.2) is 108 Å². The van der Waals surface area contributed by atoms with E-state index in [4.69, 9.17) is 33.7 Å². The van der Waals surface area contributed by atoms with E-state index in [1.165, 1.54) is 0 Å². The van der Waals surface area contributed by atoms with E-state index in [1.807, 2.05) is 74.2 Å². The van der Waals surface area contributed by atoms with Gasteiger partial charge in [0.15, 0.2) is 11.5 Å². The summed E-state index contributed by atoms with van der Waals surface area (Å²) in [6, 6.07) is 25.7. The molecule has 4 aromatic rings. The molecule has 2 aliphatic heterocycles. The van der Waals surface area contributed by atoms with Crippen LogP contribution in [0.3, 0.4) is 0 Å². The molecule has 338 valence electrons. The number of carbonyl (C=O) groups excluding carboxylic acids is 1. The zero-order valence-electron chi connectivity index (χ0n) is 37.4. The summed E-state index contributed by atoms with van der Waals surface area (Å²) in [5.41, 5.74) is 3.08. The van der Waals surface area contributed by atoms with Gasteiger partial charge in [-0.05, 0) is 136 Å². The van der Waals surface area contributed by atoms with Gasteiger partial charge in [-0.3, -0.25) is 4.79 Å². The Morgan fingerprint density at radius 2 is 1.62 bits per heavy atom. The van der Waals surface area contributed by atoms with Crippen LogP contribution >= 0.6 is 0 Å². The van der Waals surface area contributed by atoms with Crippen molar-refractivity contribution >= 4 is 22.4 Å². The lowest BCUT2D eigenvalue weighted by molar-refractivity contribution is -0.258. The van der Waals surface area contributed by atoms with Crippen molar-refractivity contribution in [2.24, 2.45) is 28.8 Å². The average Bonchev–Trinajstić information content (AvgIpc) is 4.04. The molecule has 2 heterocycles. The third kappa shape index (κ3) is 8.99. The predicted octanol–water partition coefficient (Wildman–Crippen LogP) is 10.2. The van der Waals surface area contributed by atoms with Crippen molar-refractivity contribution in [2.75, 3.05) is 26.6 Å². The smallest absolute Gasteiger partial charge is 0.239 e. The van der Waals surface area contributed by atoms with Crippen molar-refractivity contribution in [3.8, 4) is 28.7 Å². The molecule has 0 radical (unpaired) electrons. The number of carbonyl (C=O) groups is 1. The summed E-state index contributed by atoms with van der Waals surface area (Å²) in [6.07, 6.45) is 10.8. The molecule has 1 amide bonds. The molecule has 9 rings (SSSR count). The van der Waals surface area contributed by atoms with Crippen LogP contribution in [-0.2, 0) is 20.9 Å². The molecular formula is C53H62N2O9. The summed E-state index contributed by atoms with van der Waals surface area (Å²) in [4.78, 5) is 23.3. The molecule has 0 aromatic heterocycles. The summed E-state index contributed by atoms with van der Waals surface area (Å²) < 4.78 is 32.9. The van der Waals surface area contributed by atoms with Crippen molar-refractivity contribution in [2.45, 2.75) is 108 Å². The number of oxime groups is 1. The van der Waals surface area contributed by atoms with Gasteiger partial charge in [0.2, 0.25) is 18.5 Å². The normalized spacial score (nSPS) is 24.9. The number of amides is 1. The van der Waals surface area contributed by atoms with Gasteiger partial charge in [0, 0.05) is 43.6 Å². The van der Waals surface area contributed by atoms with Gasteiger partial charge in [-0.15, -0.1) is 6.58 Å². The van der Waals surface area contributed by atoms with E-state index < -0.39 is 23.3 Å². The molecule has 3 aliphatic carbocycles. The fourth-order valence-corrected chi connectivity index (χ4v) is 10.4. The Balaban J connectivity index is 1.23. The van der Waals surface area contributed by atoms with Crippen LogP contribution in [0.2, 0.25) is 0 Å². The second-order valence-corrected chi connectivity index (χ2v) is 19.0. The first-order valence-electron chi connectivity index (χ1n) is 23.2. The fourth-order valence-electron chi connectivity index (χ4n) is 10.4. The number of allylic oxidation sites excluding steroid dienone is 1. The summed E-state index contributed by atoms with van der Waals surface area (Å²) >= 11 is 0. The molecule has 11 heteroatoms.